The van der Waals surface area contributed by atoms with Gasteiger partial charge in [0.1, 0.15) is 0 Å². The summed E-state index contributed by atoms with van der Waals surface area (Å²) in [5.74, 6) is 2.58. The predicted octanol–water partition coefficient (Wildman–Crippen LogP) is 2.22. The highest BCUT2D eigenvalue weighted by Gasteiger charge is 2.09. The van der Waals surface area contributed by atoms with E-state index in [0.717, 1.165) is 25.9 Å². The zero-order valence-electron chi connectivity index (χ0n) is 12.7. The molecule has 0 bridgehead atoms. The summed E-state index contributed by atoms with van der Waals surface area (Å²) < 4.78 is 0. The second-order valence-corrected chi connectivity index (χ2v) is 4.77. The van der Waals surface area contributed by atoms with E-state index in [0.29, 0.717) is 23.8 Å². The lowest BCUT2D eigenvalue weighted by Crippen LogP contribution is -2.19. The summed E-state index contributed by atoms with van der Waals surface area (Å²) in [6.45, 7) is 8.13. The minimum Gasteiger partial charge on any atom is -0.354 e. The Morgan fingerprint density at radius 1 is 0.947 bits per heavy atom. The molecule has 1 rings (SSSR count). The van der Waals surface area contributed by atoms with Crippen LogP contribution in [0, 0.1) is 5.92 Å². The van der Waals surface area contributed by atoms with E-state index in [-0.39, 0.29) is 0 Å². The van der Waals surface area contributed by atoms with Crippen LogP contribution in [0.15, 0.2) is 0 Å². The van der Waals surface area contributed by atoms with Crippen molar-refractivity contribution in [2.75, 3.05) is 42.7 Å². The molecular weight excluding hydrogens is 240 g/mol. The Morgan fingerprint density at radius 3 is 2.00 bits per heavy atom. The monoisotopic (exact) mass is 266 g/mol. The van der Waals surface area contributed by atoms with Crippen molar-refractivity contribution in [2.24, 2.45) is 5.92 Å². The average Bonchev–Trinajstić information content (AvgIpc) is 2.40. The van der Waals surface area contributed by atoms with Crippen LogP contribution >= 0.6 is 0 Å². The molecule has 108 valence electrons. The zero-order valence-corrected chi connectivity index (χ0v) is 12.7. The topological polar surface area (TPSA) is 66.0 Å². The SMILES string of the molecule is CCNc1nc(NCC(CC)CC)nc(N(C)C)n1. The maximum atomic E-state index is 4.41. The summed E-state index contributed by atoms with van der Waals surface area (Å²) >= 11 is 0. The van der Waals surface area contributed by atoms with Crippen LogP contribution in [0.25, 0.3) is 0 Å². The summed E-state index contributed by atoms with van der Waals surface area (Å²) in [5, 5.41) is 6.44. The van der Waals surface area contributed by atoms with Crippen molar-refractivity contribution >= 4 is 17.8 Å². The molecule has 2 N–H and O–H groups in total. The molecule has 0 amide bonds. The minimum absolute atomic E-state index is 0.619. The predicted molar refractivity (Wildman–Crippen MR) is 80.9 cm³/mol. The number of hydrogen-bond acceptors (Lipinski definition) is 6. The molecule has 0 aliphatic rings. The molecule has 0 saturated carbocycles. The minimum atomic E-state index is 0.619. The largest absolute Gasteiger partial charge is 0.354 e. The molecular formula is C13H26N6. The molecule has 19 heavy (non-hydrogen) atoms. The van der Waals surface area contributed by atoms with Crippen molar-refractivity contribution < 1.29 is 0 Å². The van der Waals surface area contributed by atoms with E-state index < -0.39 is 0 Å². The third-order valence-corrected chi connectivity index (χ3v) is 3.06. The molecule has 1 heterocycles. The fraction of sp³-hybridized carbons (Fsp3) is 0.769. The van der Waals surface area contributed by atoms with E-state index in [1.807, 2.05) is 25.9 Å². The second-order valence-electron chi connectivity index (χ2n) is 4.77. The Labute approximate surface area is 116 Å². The van der Waals surface area contributed by atoms with Crippen molar-refractivity contribution in [3.8, 4) is 0 Å². The second kappa shape index (κ2) is 7.76. The molecule has 1 aromatic rings. The average molecular weight is 266 g/mol. The van der Waals surface area contributed by atoms with Crippen molar-refractivity contribution in [1.29, 1.82) is 0 Å². The Morgan fingerprint density at radius 2 is 1.53 bits per heavy atom. The highest BCUT2D eigenvalue weighted by Crippen LogP contribution is 2.13. The Kier molecular flexibility index (Phi) is 6.32. The zero-order chi connectivity index (χ0) is 14.3. The van der Waals surface area contributed by atoms with Gasteiger partial charge >= 0.3 is 0 Å². The van der Waals surface area contributed by atoms with Gasteiger partial charge in [0.25, 0.3) is 0 Å². The lowest BCUT2D eigenvalue weighted by atomic mass is 10.0. The Hall–Kier alpha value is -1.59. The van der Waals surface area contributed by atoms with E-state index >= 15 is 0 Å². The summed E-state index contributed by atoms with van der Waals surface area (Å²) in [7, 11) is 3.85. The first kappa shape index (κ1) is 15.5. The van der Waals surface area contributed by atoms with Gasteiger partial charge in [0.15, 0.2) is 0 Å². The van der Waals surface area contributed by atoms with Crippen molar-refractivity contribution in [3.05, 3.63) is 0 Å². The highest BCUT2D eigenvalue weighted by molar-refractivity contribution is 5.42. The molecule has 0 aliphatic carbocycles. The van der Waals surface area contributed by atoms with Crippen molar-refractivity contribution in [1.82, 2.24) is 15.0 Å². The molecule has 0 spiro atoms. The lowest BCUT2D eigenvalue weighted by molar-refractivity contribution is 0.517. The van der Waals surface area contributed by atoms with Gasteiger partial charge in [-0.05, 0) is 12.8 Å². The van der Waals surface area contributed by atoms with Gasteiger partial charge in [0.05, 0.1) is 0 Å². The van der Waals surface area contributed by atoms with Crippen LogP contribution in [-0.4, -0.2) is 42.1 Å². The fourth-order valence-corrected chi connectivity index (χ4v) is 1.69. The smallest absolute Gasteiger partial charge is 0.231 e. The number of hydrogen-bond donors (Lipinski definition) is 2. The number of nitrogens with one attached hydrogen (secondary N) is 2. The van der Waals surface area contributed by atoms with Gasteiger partial charge in [-0.3, -0.25) is 0 Å². The third kappa shape index (κ3) is 4.89. The van der Waals surface area contributed by atoms with E-state index in [4.69, 9.17) is 0 Å². The molecule has 0 saturated heterocycles. The maximum Gasteiger partial charge on any atom is 0.231 e. The summed E-state index contributed by atoms with van der Waals surface area (Å²) in [4.78, 5) is 15.0. The van der Waals surface area contributed by atoms with Crippen LogP contribution < -0.4 is 15.5 Å². The van der Waals surface area contributed by atoms with Gasteiger partial charge in [-0.25, -0.2) is 0 Å². The molecule has 0 atom stereocenters. The van der Waals surface area contributed by atoms with Gasteiger partial charge in [0.2, 0.25) is 17.8 Å². The number of anilines is 3. The van der Waals surface area contributed by atoms with Crippen LogP contribution in [0.3, 0.4) is 0 Å². The first-order chi connectivity index (χ1) is 9.10. The first-order valence-corrected chi connectivity index (χ1v) is 7.01. The van der Waals surface area contributed by atoms with Crippen LogP contribution in [0.2, 0.25) is 0 Å². The highest BCUT2D eigenvalue weighted by atomic mass is 15.3. The number of aromatic nitrogens is 3. The van der Waals surface area contributed by atoms with Crippen LogP contribution in [-0.2, 0) is 0 Å². The van der Waals surface area contributed by atoms with Gasteiger partial charge in [-0.15, -0.1) is 0 Å². The number of nitrogens with zero attached hydrogens (tertiary/aromatic N) is 4. The summed E-state index contributed by atoms with van der Waals surface area (Å²) in [5.41, 5.74) is 0. The summed E-state index contributed by atoms with van der Waals surface area (Å²) in [6.07, 6.45) is 2.32. The summed E-state index contributed by atoms with van der Waals surface area (Å²) in [6, 6.07) is 0. The van der Waals surface area contributed by atoms with Crippen LogP contribution in [0.1, 0.15) is 33.6 Å². The molecule has 6 heteroatoms. The van der Waals surface area contributed by atoms with Crippen molar-refractivity contribution in [2.45, 2.75) is 33.6 Å². The molecule has 0 unspecified atom stereocenters. The van der Waals surface area contributed by atoms with Gasteiger partial charge in [-0.2, -0.15) is 15.0 Å². The van der Waals surface area contributed by atoms with Gasteiger partial charge in [0, 0.05) is 27.2 Å². The van der Waals surface area contributed by atoms with Gasteiger partial charge < -0.3 is 15.5 Å². The Balaban J connectivity index is 2.80. The maximum absolute atomic E-state index is 4.41. The van der Waals surface area contributed by atoms with Gasteiger partial charge in [-0.1, -0.05) is 26.7 Å². The standard InChI is InChI=1S/C13H26N6/c1-6-10(7-2)9-15-12-16-11(14-8-3)17-13(18-12)19(4)5/h10H,6-9H2,1-5H3,(H2,14,15,16,17,18). The molecule has 6 nitrogen and oxygen atoms in total. The molecule has 0 aromatic carbocycles. The van der Waals surface area contributed by atoms with Crippen LogP contribution in [0.4, 0.5) is 17.8 Å². The molecule has 1 aromatic heterocycles. The van der Waals surface area contributed by atoms with Crippen molar-refractivity contribution in [3.63, 3.8) is 0 Å². The molecule has 0 radical (unpaired) electrons. The quantitative estimate of drug-likeness (QED) is 0.752. The van der Waals surface area contributed by atoms with Crippen LogP contribution in [0.5, 0.6) is 0 Å². The molecule has 0 fully saturated rings. The Bertz CT molecular complexity index is 375. The fourth-order valence-electron chi connectivity index (χ4n) is 1.69. The van der Waals surface area contributed by atoms with E-state index in [1.165, 1.54) is 0 Å². The first-order valence-electron chi connectivity index (χ1n) is 7.01. The van der Waals surface area contributed by atoms with E-state index in [1.54, 1.807) is 0 Å². The normalized spacial score (nSPS) is 10.6. The van der Waals surface area contributed by atoms with E-state index in [2.05, 4.69) is 39.4 Å². The number of rotatable bonds is 8. The lowest BCUT2D eigenvalue weighted by Gasteiger charge is -2.16. The third-order valence-electron chi connectivity index (χ3n) is 3.06. The molecule has 0 aliphatic heterocycles. The van der Waals surface area contributed by atoms with E-state index in [9.17, 15) is 0 Å².